The second-order valence-electron chi connectivity index (χ2n) is 5.21. The van der Waals surface area contributed by atoms with Crippen LogP contribution in [0.15, 0.2) is 18.2 Å². The van der Waals surface area contributed by atoms with E-state index in [0.717, 1.165) is 6.42 Å². The molecule has 110 valence electrons. The number of hydrogen-bond donors (Lipinski definition) is 2. The highest BCUT2D eigenvalue weighted by Crippen LogP contribution is 2.29. The van der Waals surface area contributed by atoms with E-state index < -0.39 is 4.92 Å². The van der Waals surface area contributed by atoms with E-state index in [0.29, 0.717) is 17.8 Å². The van der Waals surface area contributed by atoms with Crippen LogP contribution in [0, 0.1) is 10.1 Å². The van der Waals surface area contributed by atoms with Crippen LogP contribution >= 0.6 is 0 Å². The number of amides is 1. The number of benzene rings is 1. The first-order chi connectivity index (χ1) is 9.30. The molecule has 0 aliphatic rings. The topological polar surface area (TPSA) is 84.3 Å². The summed E-state index contributed by atoms with van der Waals surface area (Å²) in [5, 5.41) is 16.9. The minimum absolute atomic E-state index is 0.0282. The molecule has 0 radical (unpaired) electrons. The molecule has 6 nitrogen and oxygen atoms in total. The van der Waals surface area contributed by atoms with Crippen LogP contribution < -0.4 is 10.6 Å². The van der Waals surface area contributed by atoms with Gasteiger partial charge in [0, 0.05) is 23.7 Å². The van der Waals surface area contributed by atoms with Crippen molar-refractivity contribution in [2.24, 2.45) is 0 Å². The number of hydrogen-bond acceptors (Lipinski definition) is 4. The first-order valence-corrected chi connectivity index (χ1v) is 6.65. The highest BCUT2D eigenvalue weighted by Gasteiger charge is 2.22. The summed E-state index contributed by atoms with van der Waals surface area (Å²) < 4.78 is 0. The number of nitrogens with one attached hydrogen (secondary N) is 2. The minimum Gasteiger partial charge on any atom is -0.375 e. The van der Waals surface area contributed by atoms with Gasteiger partial charge in [0.25, 0.3) is 11.6 Å². The van der Waals surface area contributed by atoms with E-state index in [-0.39, 0.29) is 17.1 Å². The average Bonchev–Trinajstić information content (AvgIpc) is 2.38. The largest absolute Gasteiger partial charge is 0.375 e. The van der Waals surface area contributed by atoms with Crippen molar-refractivity contribution in [1.29, 1.82) is 0 Å². The standard InChI is InChI=1S/C14H21N3O3/c1-5-14(3,4)16-11-9-10(13(18)15-6-2)7-8-12(11)17(19)20/h7-9,16H,5-6H2,1-4H3,(H,15,18). The normalized spacial score (nSPS) is 11.0. The van der Waals surface area contributed by atoms with Crippen molar-refractivity contribution in [1.82, 2.24) is 5.32 Å². The molecule has 0 saturated carbocycles. The maximum Gasteiger partial charge on any atom is 0.292 e. The van der Waals surface area contributed by atoms with E-state index in [4.69, 9.17) is 0 Å². The summed E-state index contributed by atoms with van der Waals surface area (Å²) in [6, 6.07) is 4.35. The predicted molar refractivity (Wildman–Crippen MR) is 79.1 cm³/mol. The molecule has 0 heterocycles. The first-order valence-electron chi connectivity index (χ1n) is 6.65. The van der Waals surface area contributed by atoms with Crippen LogP contribution in [0.3, 0.4) is 0 Å². The molecular formula is C14H21N3O3. The number of nitro benzene ring substituents is 1. The summed E-state index contributed by atoms with van der Waals surface area (Å²) in [7, 11) is 0. The molecule has 0 saturated heterocycles. The van der Waals surface area contributed by atoms with Gasteiger partial charge < -0.3 is 10.6 Å². The third kappa shape index (κ3) is 3.94. The zero-order chi connectivity index (χ0) is 15.3. The van der Waals surface area contributed by atoms with Gasteiger partial charge >= 0.3 is 0 Å². The highest BCUT2D eigenvalue weighted by molar-refractivity contribution is 5.95. The lowest BCUT2D eigenvalue weighted by molar-refractivity contribution is -0.384. The van der Waals surface area contributed by atoms with Gasteiger partial charge in [-0.15, -0.1) is 0 Å². The molecule has 0 fully saturated rings. The van der Waals surface area contributed by atoms with Gasteiger partial charge in [-0.05, 0) is 39.3 Å². The van der Waals surface area contributed by atoms with Gasteiger partial charge in [0.1, 0.15) is 5.69 Å². The van der Waals surface area contributed by atoms with Crippen LogP contribution in [0.2, 0.25) is 0 Å². The van der Waals surface area contributed by atoms with Crippen LogP contribution in [0.5, 0.6) is 0 Å². The minimum atomic E-state index is -0.449. The quantitative estimate of drug-likeness (QED) is 0.619. The fraction of sp³-hybridized carbons (Fsp3) is 0.500. The third-order valence-corrected chi connectivity index (χ3v) is 3.15. The molecule has 1 aromatic rings. The summed E-state index contributed by atoms with van der Waals surface area (Å²) in [4.78, 5) is 22.4. The zero-order valence-corrected chi connectivity index (χ0v) is 12.3. The summed E-state index contributed by atoms with van der Waals surface area (Å²) in [5.74, 6) is -0.236. The maximum atomic E-state index is 11.8. The monoisotopic (exact) mass is 279 g/mol. The summed E-state index contributed by atoms with van der Waals surface area (Å²) in [6.45, 7) is 8.24. The van der Waals surface area contributed by atoms with Gasteiger partial charge in [-0.1, -0.05) is 6.92 Å². The van der Waals surface area contributed by atoms with Gasteiger partial charge in [0.2, 0.25) is 0 Å². The third-order valence-electron chi connectivity index (χ3n) is 3.15. The maximum absolute atomic E-state index is 11.8. The molecule has 0 unspecified atom stereocenters. The van der Waals surface area contributed by atoms with E-state index in [1.54, 1.807) is 0 Å². The van der Waals surface area contributed by atoms with Crippen LogP contribution in [0.25, 0.3) is 0 Å². The van der Waals surface area contributed by atoms with E-state index in [1.165, 1.54) is 18.2 Å². The molecule has 0 spiro atoms. The molecule has 2 N–H and O–H groups in total. The molecule has 0 aliphatic heterocycles. The Morgan fingerprint density at radius 2 is 2.00 bits per heavy atom. The van der Waals surface area contributed by atoms with E-state index in [9.17, 15) is 14.9 Å². The van der Waals surface area contributed by atoms with Gasteiger partial charge in [-0.25, -0.2) is 0 Å². The lowest BCUT2D eigenvalue weighted by Gasteiger charge is -2.25. The lowest BCUT2D eigenvalue weighted by Crippen LogP contribution is -2.30. The van der Waals surface area contributed by atoms with Crippen molar-refractivity contribution in [3.63, 3.8) is 0 Å². The zero-order valence-electron chi connectivity index (χ0n) is 12.3. The molecule has 20 heavy (non-hydrogen) atoms. The molecule has 1 aromatic carbocycles. The van der Waals surface area contributed by atoms with Crippen molar-refractivity contribution in [2.45, 2.75) is 39.7 Å². The highest BCUT2D eigenvalue weighted by atomic mass is 16.6. The molecule has 1 rings (SSSR count). The first kappa shape index (κ1) is 15.9. The Balaban J connectivity index is 3.19. The SMILES string of the molecule is CCNC(=O)c1ccc([N+](=O)[O-])c(NC(C)(C)CC)c1. The number of anilines is 1. The number of nitrogens with zero attached hydrogens (tertiary/aromatic N) is 1. The molecule has 0 aliphatic carbocycles. The van der Waals surface area contributed by atoms with Gasteiger partial charge in [-0.2, -0.15) is 0 Å². The van der Waals surface area contributed by atoms with E-state index in [1.807, 2.05) is 27.7 Å². The molecule has 0 aromatic heterocycles. The Bertz CT molecular complexity index is 512. The van der Waals surface area contributed by atoms with Crippen molar-refractivity contribution in [3.05, 3.63) is 33.9 Å². The van der Waals surface area contributed by atoms with Crippen molar-refractivity contribution >= 4 is 17.3 Å². The summed E-state index contributed by atoms with van der Waals surface area (Å²) >= 11 is 0. The smallest absolute Gasteiger partial charge is 0.292 e. The summed E-state index contributed by atoms with van der Waals surface area (Å²) in [6.07, 6.45) is 0.801. The fourth-order valence-electron chi connectivity index (χ4n) is 1.65. The Hall–Kier alpha value is -2.11. The number of rotatable bonds is 6. The molecule has 0 bridgehead atoms. The fourth-order valence-corrected chi connectivity index (χ4v) is 1.65. The van der Waals surface area contributed by atoms with E-state index >= 15 is 0 Å². The number of nitro groups is 1. The van der Waals surface area contributed by atoms with Crippen LogP contribution in [0.1, 0.15) is 44.5 Å². The van der Waals surface area contributed by atoms with Crippen LogP contribution in [0.4, 0.5) is 11.4 Å². The van der Waals surface area contributed by atoms with Crippen molar-refractivity contribution in [2.75, 3.05) is 11.9 Å². The Kier molecular flexibility index (Phi) is 5.07. The Morgan fingerprint density at radius 3 is 2.50 bits per heavy atom. The van der Waals surface area contributed by atoms with Crippen LogP contribution in [-0.2, 0) is 0 Å². The second-order valence-corrected chi connectivity index (χ2v) is 5.21. The lowest BCUT2D eigenvalue weighted by atomic mass is 10.0. The molecule has 0 atom stereocenters. The Labute approximate surface area is 118 Å². The van der Waals surface area contributed by atoms with Gasteiger partial charge in [0.05, 0.1) is 4.92 Å². The van der Waals surface area contributed by atoms with Crippen molar-refractivity contribution < 1.29 is 9.72 Å². The van der Waals surface area contributed by atoms with E-state index in [2.05, 4.69) is 10.6 Å². The molecule has 6 heteroatoms. The molecule has 1 amide bonds. The number of carbonyl (C=O) groups is 1. The summed E-state index contributed by atoms with van der Waals surface area (Å²) in [5.41, 5.74) is 0.460. The number of carbonyl (C=O) groups excluding carboxylic acids is 1. The average molecular weight is 279 g/mol. The van der Waals surface area contributed by atoms with Gasteiger partial charge in [0.15, 0.2) is 0 Å². The van der Waals surface area contributed by atoms with Crippen LogP contribution in [-0.4, -0.2) is 22.9 Å². The molecular weight excluding hydrogens is 258 g/mol. The Morgan fingerprint density at radius 1 is 1.35 bits per heavy atom. The van der Waals surface area contributed by atoms with Gasteiger partial charge in [-0.3, -0.25) is 14.9 Å². The van der Waals surface area contributed by atoms with Crippen molar-refractivity contribution in [3.8, 4) is 0 Å². The second kappa shape index (κ2) is 6.36. The predicted octanol–water partition coefficient (Wildman–Crippen LogP) is 2.95.